The molecule has 1 heteroatoms. The van der Waals surface area contributed by atoms with Crippen molar-refractivity contribution in [3.8, 4) is 0 Å². The summed E-state index contributed by atoms with van der Waals surface area (Å²) in [6, 6.07) is 0. The number of ketones is 1. The van der Waals surface area contributed by atoms with E-state index in [-0.39, 0.29) is 5.41 Å². The van der Waals surface area contributed by atoms with Crippen LogP contribution in [0.2, 0.25) is 0 Å². The SMILES string of the molecule is C=C[C@H]1[C@H](C(C)C)CC[C@]1(C)C[C@H]1CC(=O)[C@]2(C)CC[C@H]3[C@H](C)CC[C@]132. The molecule has 0 aliphatic heterocycles. The Kier molecular flexibility index (Phi) is 4.29. The van der Waals surface area contributed by atoms with E-state index in [1.807, 2.05) is 0 Å². The highest BCUT2D eigenvalue weighted by Gasteiger charge is 2.71. The molecule has 0 N–H and O–H groups in total. The molecule has 0 radical (unpaired) electrons. The van der Waals surface area contributed by atoms with Crippen LogP contribution in [0.4, 0.5) is 0 Å². The average molecular weight is 357 g/mol. The van der Waals surface area contributed by atoms with Crippen molar-refractivity contribution in [2.24, 2.45) is 51.8 Å². The molecule has 146 valence electrons. The maximum atomic E-state index is 13.2. The van der Waals surface area contributed by atoms with Crippen molar-refractivity contribution in [3.05, 3.63) is 12.7 Å². The van der Waals surface area contributed by atoms with Gasteiger partial charge in [-0.15, -0.1) is 6.58 Å². The summed E-state index contributed by atoms with van der Waals surface area (Å²) < 4.78 is 0. The molecule has 0 bridgehead atoms. The Balaban J connectivity index is 1.66. The zero-order valence-electron chi connectivity index (χ0n) is 17.8. The van der Waals surface area contributed by atoms with Crippen molar-refractivity contribution in [1.29, 1.82) is 0 Å². The molecule has 4 aliphatic rings. The van der Waals surface area contributed by atoms with Gasteiger partial charge in [-0.1, -0.05) is 40.7 Å². The maximum absolute atomic E-state index is 13.2. The van der Waals surface area contributed by atoms with Crippen LogP contribution in [-0.2, 0) is 4.79 Å². The number of carbonyl (C=O) groups is 1. The van der Waals surface area contributed by atoms with Gasteiger partial charge in [-0.25, -0.2) is 0 Å². The van der Waals surface area contributed by atoms with E-state index in [0.717, 1.165) is 36.5 Å². The van der Waals surface area contributed by atoms with Crippen LogP contribution < -0.4 is 0 Å². The summed E-state index contributed by atoms with van der Waals surface area (Å²) in [5.74, 6) is 4.99. The van der Waals surface area contributed by atoms with Gasteiger partial charge in [0.25, 0.3) is 0 Å². The Morgan fingerprint density at radius 2 is 1.88 bits per heavy atom. The lowest BCUT2D eigenvalue weighted by Crippen LogP contribution is -2.42. The molecule has 0 amide bonds. The summed E-state index contributed by atoms with van der Waals surface area (Å²) in [5.41, 5.74) is 0.665. The van der Waals surface area contributed by atoms with Crippen LogP contribution in [0.25, 0.3) is 0 Å². The zero-order chi connectivity index (χ0) is 18.9. The highest BCUT2D eigenvalue weighted by molar-refractivity contribution is 5.89. The zero-order valence-corrected chi connectivity index (χ0v) is 17.8. The van der Waals surface area contributed by atoms with Gasteiger partial charge in [0.05, 0.1) is 0 Å². The van der Waals surface area contributed by atoms with E-state index in [2.05, 4.69) is 47.3 Å². The number of hydrogen-bond acceptors (Lipinski definition) is 1. The monoisotopic (exact) mass is 356 g/mol. The largest absolute Gasteiger partial charge is 0.299 e. The lowest BCUT2D eigenvalue weighted by Gasteiger charge is -2.45. The van der Waals surface area contributed by atoms with E-state index in [0.29, 0.717) is 28.4 Å². The Morgan fingerprint density at radius 3 is 2.54 bits per heavy atom. The number of Topliss-reactive ketones (excluding diaryl/α,β-unsaturated/α-hetero) is 1. The van der Waals surface area contributed by atoms with E-state index < -0.39 is 0 Å². The minimum atomic E-state index is -0.0107. The summed E-state index contributed by atoms with van der Waals surface area (Å²) >= 11 is 0. The van der Waals surface area contributed by atoms with Crippen molar-refractivity contribution >= 4 is 5.78 Å². The van der Waals surface area contributed by atoms with Gasteiger partial charge in [0.15, 0.2) is 0 Å². The summed E-state index contributed by atoms with van der Waals surface area (Å²) in [6.07, 6.45) is 12.2. The molecular weight excluding hydrogens is 316 g/mol. The van der Waals surface area contributed by atoms with Gasteiger partial charge in [0, 0.05) is 11.8 Å². The number of hydrogen-bond donors (Lipinski definition) is 0. The fourth-order valence-corrected chi connectivity index (χ4v) is 8.87. The third kappa shape index (κ3) is 2.18. The second-order valence-corrected chi connectivity index (χ2v) is 11.4. The Bertz CT molecular complexity index is 605. The lowest BCUT2D eigenvalue weighted by atomic mass is 9.58. The molecule has 4 rings (SSSR count). The lowest BCUT2D eigenvalue weighted by molar-refractivity contribution is -0.128. The summed E-state index contributed by atoms with van der Waals surface area (Å²) in [4.78, 5) is 13.2. The number of carbonyl (C=O) groups excluding carboxylic acids is 1. The summed E-state index contributed by atoms with van der Waals surface area (Å²) in [7, 11) is 0. The van der Waals surface area contributed by atoms with Crippen molar-refractivity contribution < 1.29 is 4.79 Å². The number of rotatable bonds is 4. The van der Waals surface area contributed by atoms with Crippen molar-refractivity contribution in [1.82, 2.24) is 0 Å². The van der Waals surface area contributed by atoms with Gasteiger partial charge in [-0.05, 0) is 91.3 Å². The molecule has 0 saturated heterocycles. The molecule has 1 spiro atoms. The third-order valence-corrected chi connectivity index (χ3v) is 10.3. The first-order chi connectivity index (χ1) is 12.2. The fourth-order valence-electron chi connectivity index (χ4n) is 8.87. The smallest absolute Gasteiger partial charge is 0.139 e. The van der Waals surface area contributed by atoms with Crippen LogP contribution in [0.15, 0.2) is 12.7 Å². The number of allylic oxidation sites excluding steroid dienone is 1. The molecule has 4 fully saturated rings. The van der Waals surface area contributed by atoms with E-state index in [1.165, 1.54) is 38.5 Å². The minimum Gasteiger partial charge on any atom is -0.299 e. The topological polar surface area (TPSA) is 17.1 Å². The second kappa shape index (κ2) is 5.95. The summed E-state index contributed by atoms with van der Waals surface area (Å²) in [6.45, 7) is 16.4. The van der Waals surface area contributed by atoms with Gasteiger partial charge < -0.3 is 0 Å². The summed E-state index contributed by atoms with van der Waals surface area (Å²) in [5, 5.41) is 0. The third-order valence-electron chi connectivity index (χ3n) is 10.3. The van der Waals surface area contributed by atoms with Crippen molar-refractivity contribution in [2.45, 2.75) is 86.0 Å². The van der Waals surface area contributed by atoms with Gasteiger partial charge in [0.1, 0.15) is 5.78 Å². The maximum Gasteiger partial charge on any atom is 0.139 e. The Morgan fingerprint density at radius 1 is 1.15 bits per heavy atom. The van der Waals surface area contributed by atoms with Gasteiger partial charge in [0.2, 0.25) is 0 Å². The first-order valence-electron chi connectivity index (χ1n) is 11.4. The van der Waals surface area contributed by atoms with Gasteiger partial charge in [-0.3, -0.25) is 4.79 Å². The van der Waals surface area contributed by atoms with E-state index in [9.17, 15) is 4.79 Å². The highest BCUT2D eigenvalue weighted by atomic mass is 16.1. The van der Waals surface area contributed by atoms with Crippen LogP contribution in [0.3, 0.4) is 0 Å². The molecular formula is C25H40O. The van der Waals surface area contributed by atoms with E-state index in [4.69, 9.17) is 0 Å². The first kappa shape index (κ1) is 18.8. The normalized spacial score (nSPS) is 53.3. The minimum absolute atomic E-state index is 0.0107. The van der Waals surface area contributed by atoms with Gasteiger partial charge in [-0.2, -0.15) is 0 Å². The molecule has 4 aliphatic carbocycles. The van der Waals surface area contributed by atoms with E-state index in [1.54, 1.807) is 0 Å². The molecule has 4 saturated carbocycles. The molecule has 8 atom stereocenters. The molecule has 0 aromatic rings. The van der Waals surface area contributed by atoms with Crippen LogP contribution in [0.1, 0.15) is 86.0 Å². The molecule has 0 aromatic heterocycles. The quantitative estimate of drug-likeness (QED) is 0.514. The second-order valence-electron chi connectivity index (χ2n) is 11.4. The van der Waals surface area contributed by atoms with Crippen LogP contribution in [0.5, 0.6) is 0 Å². The molecule has 26 heavy (non-hydrogen) atoms. The fraction of sp³-hybridized carbons (Fsp3) is 0.880. The Labute approximate surface area is 161 Å². The molecule has 0 aromatic carbocycles. The Hall–Kier alpha value is -0.590. The molecule has 0 heterocycles. The molecule has 0 unspecified atom stereocenters. The first-order valence-corrected chi connectivity index (χ1v) is 11.4. The predicted octanol–water partition coefficient (Wildman–Crippen LogP) is 6.67. The van der Waals surface area contributed by atoms with Gasteiger partial charge >= 0.3 is 0 Å². The highest BCUT2D eigenvalue weighted by Crippen LogP contribution is 2.75. The van der Waals surface area contributed by atoms with Crippen LogP contribution in [-0.4, -0.2) is 5.78 Å². The standard InChI is InChI=1S/C25H40O/c1-7-20-19(16(2)3)9-11-23(20,5)15-18-14-22(26)24(6)12-10-21-17(4)8-13-25(18,21)24/h7,16-21H,1,8-15H2,2-6H3/t17-,18-,19+,20+,21+,23-,24+,25+/m1/s1. The van der Waals surface area contributed by atoms with E-state index >= 15 is 0 Å². The predicted molar refractivity (Wildman–Crippen MR) is 109 cm³/mol. The van der Waals surface area contributed by atoms with Crippen molar-refractivity contribution in [3.63, 3.8) is 0 Å². The average Bonchev–Trinajstić information content (AvgIpc) is 3.23. The van der Waals surface area contributed by atoms with Crippen LogP contribution in [0, 0.1) is 51.8 Å². The van der Waals surface area contributed by atoms with Crippen molar-refractivity contribution in [2.75, 3.05) is 0 Å². The molecule has 1 nitrogen and oxygen atoms in total. The van der Waals surface area contributed by atoms with Crippen LogP contribution >= 0.6 is 0 Å².